The lowest BCUT2D eigenvalue weighted by molar-refractivity contribution is 0.265. The molecule has 2 atom stereocenters. The average molecular weight is 265 g/mol. The van der Waals surface area contributed by atoms with Crippen molar-refractivity contribution in [1.82, 2.24) is 5.32 Å². The summed E-state index contributed by atoms with van der Waals surface area (Å²) in [6, 6.07) is 5.29. The minimum absolute atomic E-state index is 0.209. The smallest absolute Gasteiger partial charge is 0.123 e. The summed E-state index contributed by atoms with van der Waals surface area (Å²) >= 11 is 0. The number of aryl methyl sites for hydroxylation is 1. The summed E-state index contributed by atoms with van der Waals surface area (Å²) in [5, 5.41) is 3.55. The van der Waals surface area contributed by atoms with Gasteiger partial charge in [-0.3, -0.25) is 0 Å². The third-order valence-electron chi connectivity index (χ3n) is 3.87. The highest BCUT2D eigenvalue weighted by Gasteiger charge is 2.17. The Morgan fingerprint density at radius 2 is 2.21 bits per heavy atom. The van der Waals surface area contributed by atoms with E-state index in [4.69, 9.17) is 4.74 Å². The first-order valence-electron chi connectivity index (χ1n) is 7.27. The third-order valence-corrected chi connectivity index (χ3v) is 3.87. The summed E-state index contributed by atoms with van der Waals surface area (Å²) in [4.78, 5) is 0. The molecule has 3 heteroatoms. The van der Waals surface area contributed by atoms with Gasteiger partial charge in [0.15, 0.2) is 0 Å². The van der Waals surface area contributed by atoms with Crippen molar-refractivity contribution >= 4 is 0 Å². The van der Waals surface area contributed by atoms with E-state index in [0.29, 0.717) is 12.6 Å². The van der Waals surface area contributed by atoms with Crippen molar-refractivity contribution in [3.63, 3.8) is 0 Å². The van der Waals surface area contributed by atoms with Crippen molar-refractivity contribution < 1.29 is 9.13 Å². The number of halogens is 1. The van der Waals surface area contributed by atoms with Crippen LogP contribution in [0.1, 0.15) is 38.2 Å². The Kier molecular flexibility index (Phi) is 5.20. The van der Waals surface area contributed by atoms with Crippen LogP contribution < -0.4 is 10.1 Å². The van der Waals surface area contributed by atoms with Gasteiger partial charge in [-0.05, 0) is 49.4 Å². The molecule has 0 aromatic heterocycles. The number of benzene rings is 1. The van der Waals surface area contributed by atoms with Gasteiger partial charge in [-0.1, -0.05) is 19.8 Å². The van der Waals surface area contributed by atoms with E-state index in [1.807, 2.05) is 6.92 Å². The van der Waals surface area contributed by atoms with Crippen LogP contribution in [0.4, 0.5) is 4.39 Å². The quantitative estimate of drug-likeness (QED) is 0.820. The normalized spacial score (nSPS) is 23.3. The van der Waals surface area contributed by atoms with E-state index in [1.54, 1.807) is 6.07 Å². The van der Waals surface area contributed by atoms with Crippen LogP contribution in [0.25, 0.3) is 0 Å². The first-order chi connectivity index (χ1) is 9.15. The van der Waals surface area contributed by atoms with Gasteiger partial charge in [0.2, 0.25) is 0 Å². The maximum absolute atomic E-state index is 12.9. The molecule has 1 fully saturated rings. The summed E-state index contributed by atoms with van der Waals surface area (Å²) in [5.41, 5.74) is 0.853. The van der Waals surface area contributed by atoms with Gasteiger partial charge in [0.05, 0.1) is 0 Å². The van der Waals surface area contributed by atoms with Crippen molar-refractivity contribution in [3.05, 3.63) is 29.6 Å². The standard InChI is InChI=1S/C16H24FNO/c1-12-4-3-5-15(10-12)18-8-9-19-16-7-6-14(17)11-13(16)2/h6-7,11-12,15,18H,3-5,8-10H2,1-2H3. The molecule has 0 amide bonds. The monoisotopic (exact) mass is 265 g/mol. The second-order valence-corrected chi connectivity index (χ2v) is 5.68. The maximum atomic E-state index is 12.9. The van der Waals surface area contributed by atoms with Gasteiger partial charge in [0.1, 0.15) is 18.2 Å². The van der Waals surface area contributed by atoms with Crippen molar-refractivity contribution in [1.29, 1.82) is 0 Å². The predicted molar refractivity (Wildman–Crippen MR) is 76.1 cm³/mol. The maximum Gasteiger partial charge on any atom is 0.123 e. The van der Waals surface area contributed by atoms with Gasteiger partial charge in [-0.25, -0.2) is 4.39 Å². The van der Waals surface area contributed by atoms with Gasteiger partial charge in [-0.2, -0.15) is 0 Å². The van der Waals surface area contributed by atoms with Gasteiger partial charge < -0.3 is 10.1 Å². The number of ether oxygens (including phenoxy) is 1. The lowest BCUT2D eigenvalue weighted by Gasteiger charge is -2.27. The van der Waals surface area contributed by atoms with Crippen LogP contribution in [0, 0.1) is 18.7 Å². The molecule has 106 valence electrons. The molecule has 2 unspecified atom stereocenters. The Hall–Kier alpha value is -1.09. The minimum Gasteiger partial charge on any atom is -0.492 e. The first kappa shape index (κ1) is 14.3. The molecule has 1 aliphatic rings. The molecular weight excluding hydrogens is 241 g/mol. The Balaban J connectivity index is 1.69. The van der Waals surface area contributed by atoms with Crippen LogP contribution in [-0.2, 0) is 0 Å². The van der Waals surface area contributed by atoms with Crippen LogP contribution in [0.3, 0.4) is 0 Å². The molecule has 0 aliphatic heterocycles. The first-order valence-corrected chi connectivity index (χ1v) is 7.27. The molecule has 1 aromatic carbocycles. The average Bonchev–Trinajstić information content (AvgIpc) is 2.37. The van der Waals surface area contributed by atoms with Crippen LogP contribution in [-0.4, -0.2) is 19.2 Å². The van der Waals surface area contributed by atoms with Crippen LogP contribution >= 0.6 is 0 Å². The Labute approximate surface area is 115 Å². The molecule has 0 saturated heterocycles. The molecule has 1 aromatic rings. The molecule has 0 radical (unpaired) electrons. The van der Waals surface area contributed by atoms with E-state index >= 15 is 0 Å². The molecular formula is C16H24FNO. The molecule has 1 N–H and O–H groups in total. The topological polar surface area (TPSA) is 21.3 Å². The number of rotatable bonds is 5. The highest BCUT2D eigenvalue weighted by atomic mass is 19.1. The Bertz CT molecular complexity index is 408. The zero-order valence-corrected chi connectivity index (χ0v) is 11.9. The Morgan fingerprint density at radius 1 is 1.37 bits per heavy atom. The summed E-state index contributed by atoms with van der Waals surface area (Å²) in [6.45, 7) is 5.69. The lowest BCUT2D eigenvalue weighted by atomic mass is 9.87. The van der Waals surface area contributed by atoms with E-state index in [-0.39, 0.29) is 5.82 Å². The summed E-state index contributed by atoms with van der Waals surface area (Å²) < 4.78 is 18.6. The molecule has 0 bridgehead atoms. The molecule has 0 heterocycles. The minimum atomic E-state index is -0.209. The SMILES string of the molecule is Cc1cc(F)ccc1OCCNC1CCCC(C)C1. The predicted octanol–water partition coefficient (Wildman–Crippen LogP) is 3.68. The van der Waals surface area contributed by atoms with Crippen molar-refractivity contribution in [3.8, 4) is 5.75 Å². The third kappa shape index (κ3) is 4.50. The lowest BCUT2D eigenvalue weighted by Crippen LogP contribution is -2.36. The highest BCUT2D eigenvalue weighted by molar-refractivity contribution is 5.32. The fourth-order valence-electron chi connectivity index (χ4n) is 2.82. The number of nitrogens with one attached hydrogen (secondary N) is 1. The van der Waals surface area contributed by atoms with Crippen LogP contribution in [0.5, 0.6) is 5.75 Å². The van der Waals surface area contributed by atoms with E-state index in [9.17, 15) is 4.39 Å². The molecule has 0 spiro atoms. The second-order valence-electron chi connectivity index (χ2n) is 5.68. The summed E-state index contributed by atoms with van der Waals surface area (Å²) in [5.74, 6) is 1.41. The van der Waals surface area contributed by atoms with Gasteiger partial charge in [0, 0.05) is 12.6 Å². The van der Waals surface area contributed by atoms with Crippen molar-refractivity contribution in [2.75, 3.05) is 13.2 Å². The summed E-state index contributed by atoms with van der Waals surface area (Å²) in [7, 11) is 0. The highest BCUT2D eigenvalue weighted by Crippen LogP contribution is 2.23. The zero-order chi connectivity index (χ0) is 13.7. The molecule has 19 heavy (non-hydrogen) atoms. The van der Waals surface area contributed by atoms with Crippen molar-refractivity contribution in [2.24, 2.45) is 5.92 Å². The Morgan fingerprint density at radius 3 is 2.95 bits per heavy atom. The molecule has 1 aliphatic carbocycles. The zero-order valence-electron chi connectivity index (χ0n) is 11.9. The number of hydrogen-bond acceptors (Lipinski definition) is 2. The van der Waals surface area contributed by atoms with E-state index in [1.165, 1.54) is 37.8 Å². The largest absolute Gasteiger partial charge is 0.492 e. The molecule has 2 rings (SSSR count). The number of hydrogen-bond donors (Lipinski definition) is 1. The fraction of sp³-hybridized carbons (Fsp3) is 0.625. The molecule has 2 nitrogen and oxygen atoms in total. The van der Waals surface area contributed by atoms with E-state index < -0.39 is 0 Å². The van der Waals surface area contributed by atoms with E-state index in [2.05, 4.69) is 12.2 Å². The second kappa shape index (κ2) is 6.90. The van der Waals surface area contributed by atoms with Crippen LogP contribution in [0.2, 0.25) is 0 Å². The van der Waals surface area contributed by atoms with Gasteiger partial charge in [-0.15, -0.1) is 0 Å². The molecule has 1 saturated carbocycles. The van der Waals surface area contributed by atoms with Crippen molar-refractivity contribution in [2.45, 2.75) is 45.6 Å². The van der Waals surface area contributed by atoms with Gasteiger partial charge >= 0.3 is 0 Å². The van der Waals surface area contributed by atoms with Gasteiger partial charge in [0.25, 0.3) is 0 Å². The van der Waals surface area contributed by atoms with E-state index in [0.717, 1.165) is 23.8 Å². The fourth-order valence-corrected chi connectivity index (χ4v) is 2.82. The summed E-state index contributed by atoms with van der Waals surface area (Å²) in [6.07, 6.45) is 5.25. The van der Waals surface area contributed by atoms with Crippen LogP contribution in [0.15, 0.2) is 18.2 Å².